The van der Waals surface area contributed by atoms with Crippen LogP contribution in [-0.2, 0) is 11.2 Å². The minimum absolute atomic E-state index is 0.219. The van der Waals surface area contributed by atoms with Gasteiger partial charge in [0.1, 0.15) is 6.04 Å². The number of carboxylic acids is 1. The Kier molecular flexibility index (Phi) is 5.49. The van der Waals surface area contributed by atoms with E-state index in [2.05, 4.69) is 5.32 Å². The molecule has 0 spiro atoms. The second-order valence-electron chi connectivity index (χ2n) is 5.01. The summed E-state index contributed by atoms with van der Waals surface area (Å²) in [5.41, 5.74) is 8.07. The van der Waals surface area contributed by atoms with Crippen molar-refractivity contribution >= 4 is 5.97 Å². The van der Waals surface area contributed by atoms with Crippen molar-refractivity contribution < 1.29 is 9.90 Å². The zero-order chi connectivity index (χ0) is 15.1. The number of benzene rings is 2. The zero-order valence-corrected chi connectivity index (χ0v) is 11.8. The van der Waals surface area contributed by atoms with Crippen LogP contribution in [0.5, 0.6) is 0 Å². The predicted octanol–water partition coefficient (Wildman–Crippen LogP) is 1.97. The van der Waals surface area contributed by atoms with Crippen LogP contribution in [0.15, 0.2) is 60.7 Å². The van der Waals surface area contributed by atoms with Gasteiger partial charge in [-0.05, 0) is 17.5 Å². The van der Waals surface area contributed by atoms with Crippen molar-refractivity contribution in [1.29, 1.82) is 0 Å². The molecule has 2 unspecified atom stereocenters. The van der Waals surface area contributed by atoms with Crippen LogP contribution >= 0.6 is 0 Å². The van der Waals surface area contributed by atoms with E-state index in [1.165, 1.54) is 0 Å². The standard InChI is InChI=1S/C17H20N2O2/c18-15(14-9-5-2-6-10-14)12-19-16(17(20)21)11-13-7-3-1-4-8-13/h1-10,15-16,19H,11-12,18H2,(H,20,21). The summed E-state index contributed by atoms with van der Waals surface area (Å²) in [7, 11) is 0. The van der Waals surface area contributed by atoms with E-state index in [0.717, 1.165) is 11.1 Å². The fourth-order valence-corrected chi connectivity index (χ4v) is 2.18. The summed E-state index contributed by atoms with van der Waals surface area (Å²) in [5.74, 6) is -0.862. The van der Waals surface area contributed by atoms with Crippen LogP contribution in [0.1, 0.15) is 17.2 Å². The second-order valence-corrected chi connectivity index (χ2v) is 5.01. The number of rotatable bonds is 7. The highest BCUT2D eigenvalue weighted by Crippen LogP contribution is 2.09. The lowest BCUT2D eigenvalue weighted by Crippen LogP contribution is -2.42. The molecule has 110 valence electrons. The maximum atomic E-state index is 11.3. The fraction of sp³-hybridized carbons (Fsp3) is 0.235. The fourth-order valence-electron chi connectivity index (χ4n) is 2.18. The summed E-state index contributed by atoms with van der Waals surface area (Å²) in [4.78, 5) is 11.3. The van der Waals surface area contributed by atoms with Crippen molar-refractivity contribution in [1.82, 2.24) is 5.32 Å². The van der Waals surface area contributed by atoms with Gasteiger partial charge in [0, 0.05) is 12.6 Å². The summed E-state index contributed by atoms with van der Waals surface area (Å²) in [5, 5.41) is 12.4. The van der Waals surface area contributed by atoms with Gasteiger partial charge in [-0.25, -0.2) is 0 Å². The molecule has 2 aromatic carbocycles. The van der Waals surface area contributed by atoms with Gasteiger partial charge in [-0.3, -0.25) is 4.79 Å². The number of hydrogen-bond acceptors (Lipinski definition) is 3. The van der Waals surface area contributed by atoms with Gasteiger partial charge in [0.15, 0.2) is 0 Å². The first-order chi connectivity index (χ1) is 10.2. The number of carbonyl (C=O) groups is 1. The van der Waals surface area contributed by atoms with Crippen LogP contribution in [0, 0.1) is 0 Å². The molecule has 0 aliphatic rings. The van der Waals surface area contributed by atoms with Crippen LogP contribution in [0.2, 0.25) is 0 Å². The summed E-state index contributed by atoms with van der Waals surface area (Å²) < 4.78 is 0. The molecule has 0 aliphatic carbocycles. The molecule has 4 heteroatoms. The lowest BCUT2D eigenvalue weighted by molar-refractivity contribution is -0.139. The van der Waals surface area contributed by atoms with Crippen molar-refractivity contribution in [3.8, 4) is 0 Å². The Morgan fingerprint density at radius 3 is 2.19 bits per heavy atom. The number of nitrogens with one attached hydrogen (secondary N) is 1. The number of aliphatic carboxylic acids is 1. The monoisotopic (exact) mass is 284 g/mol. The van der Waals surface area contributed by atoms with Crippen LogP contribution in [-0.4, -0.2) is 23.7 Å². The molecule has 0 saturated carbocycles. The molecule has 0 aromatic heterocycles. The Morgan fingerprint density at radius 2 is 1.62 bits per heavy atom. The maximum absolute atomic E-state index is 11.3. The van der Waals surface area contributed by atoms with Gasteiger partial charge in [-0.1, -0.05) is 60.7 Å². The Morgan fingerprint density at radius 1 is 1.05 bits per heavy atom. The third-order valence-corrected chi connectivity index (χ3v) is 3.39. The van der Waals surface area contributed by atoms with Gasteiger partial charge in [-0.15, -0.1) is 0 Å². The third kappa shape index (κ3) is 4.70. The van der Waals surface area contributed by atoms with Crippen LogP contribution in [0.4, 0.5) is 0 Å². The molecule has 2 rings (SSSR count). The van der Waals surface area contributed by atoms with Gasteiger partial charge >= 0.3 is 5.97 Å². The molecule has 0 aliphatic heterocycles. The highest BCUT2D eigenvalue weighted by Gasteiger charge is 2.18. The Balaban J connectivity index is 1.93. The molecule has 0 fully saturated rings. The molecule has 0 bridgehead atoms. The van der Waals surface area contributed by atoms with Crippen LogP contribution in [0.3, 0.4) is 0 Å². The topological polar surface area (TPSA) is 75.3 Å². The lowest BCUT2D eigenvalue weighted by atomic mass is 10.0. The molecule has 2 atom stereocenters. The zero-order valence-electron chi connectivity index (χ0n) is 11.8. The summed E-state index contributed by atoms with van der Waals surface area (Å²) in [6, 6.07) is 18.4. The van der Waals surface area contributed by atoms with E-state index in [1.807, 2.05) is 60.7 Å². The predicted molar refractivity (Wildman–Crippen MR) is 82.9 cm³/mol. The van der Waals surface area contributed by atoms with Gasteiger partial charge in [-0.2, -0.15) is 0 Å². The average Bonchev–Trinajstić information content (AvgIpc) is 2.52. The van der Waals surface area contributed by atoms with Gasteiger partial charge in [0.05, 0.1) is 0 Å². The minimum Gasteiger partial charge on any atom is -0.480 e. The number of carboxylic acid groups (broad SMARTS) is 1. The van der Waals surface area contributed by atoms with E-state index in [1.54, 1.807) is 0 Å². The Hall–Kier alpha value is -2.17. The smallest absolute Gasteiger partial charge is 0.321 e. The van der Waals surface area contributed by atoms with Crippen LogP contribution < -0.4 is 11.1 Å². The molecule has 2 aromatic rings. The Bertz CT molecular complexity index is 558. The van der Waals surface area contributed by atoms with Crippen LogP contribution in [0.25, 0.3) is 0 Å². The lowest BCUT2D eigenvalue weighted by Gasteiger charge is -2.18. The van der Waals surface area contributed by atoms with Gasteiger partial charge < -0.3 is 16.2 Å². The largest absolute Gasteiger partial charge is 0.480 e. The van der Waals surface area contributed by atoms with Crippen molar-refractivity contribution in [3.05, 3.63) is 71.8 Å². The molecule has 21 heavy (non-hydrogen) atoms. The van der Waals surface area contributed by atoms with Crippen molar-refractivity contribution in [2.24, 2.45) is 5.73 Å². The first kappa shape index (κ1) is 15.2. The SMILES string of the molecule is NC(CNC(Cc1ccccc1)C(=O)O)c1ccccc1. The molecule has 0 saturated heterocycles. The third-order valence-electron chi connectivity index (χ3n) is 3.39. The van der Waals surface area contributed by atoms with Crippen molar-refractivity contribution in [2.75, 3.05) is 6.54 Å². The summed E-state index contributed by atoms with van der Waals surface area (Å²) >= 11 is 0. The van der Waals surface area contributed by atoms with E-state index in [4.69, 9.17) is 5.73 Å². The normalized spacial score (nSPS) is 13.6. The minimum atomic E-state index is -0.862. The van der Waals surface area contributed by atoms with Crippen molar-refractivity contribution in [3.63, 3.8) is 0 Å². The molecule has 4 N–H and O–H groups in total. The molecule has 4 nitrogen and oxygen atoms in total. The first-order valence-electron chi connectivity index (χ1n) is 6.97. The highest BCUT2D eigenvalue weighted by molar-refractivity contribution is 5.73. The molecular weight excluding hydrogens is 264 g/mol. The second kappa shape index (κ2) is 7.57. The van der Waals surface area contributed by atoms with E-state index in [0.29, 0.717) is 13.0 Å². The maximum Gasteiger partial charge on any atom is 0.321 e. The molecule has 0 amide bonds. The summed E-state index contributed by atoms with van der Waals surface area (Å²) in [6.07, 6.45) is 0.442. The van der Waals surface area contributed by atoms with Gasteiger partial charge in [0.25, 0.3) is 0 Å². The Labute approximate surface area is 124 Å². The van der Waals surface area contributed by atoms with E-state index >= 15 is 0 Å². The average molecular weight is 284 g/mol. The number of hydrogen-bond donors (Lipinski definition) is 3. The highest BCUT2D eigenvalue weighted by atomic mass is 16.4. The molecule has 0 radical (unpaired) electrons. The van der Waals surface area contributed by atoms with E-state index < -0.39 is 12.0 Å². The van der Waals surface area contributed by atoms with Crippen molar-refractivity contribution in [2.45, 2.75) is 18.5 Å². The van der Waals surface area contributed by atoms with Gasteiger partial charge in [0.2, 0.25) is 0 Å². The summed E-state index contributed by atoms with van der Waals surface area (Å²) in [6.45, 7) is 0.424. The van der Waals surface area contributed by atoms with E-state index in [9.17, 15) is 9.90 Å². The quantitative estimate of drug-likeness (QED) is 0.726. The molecule has 0 heterocycles. The van der Waals surface area contributed by atoms with E-state index in [-0.39, 0.29) is 6.04 Å². The number of nitrogens with two attached hydrogens (primary N) is 1. The first-order valence-corrected chi connectivity index (χ1v) is 6.97. The molecular formula is C17H20N2O2.